The molecule has 0 saturated heterocycles. The Morgan fingerprint density at radius 1 is 1.75 bits per heavy atom. The van der Waals surface area contributed by atoms with Gasteiger partial charge in [-0.3, -0.25) is 9.48 Å². The highest BCUT2D eigenvalue weighted by molar-refractivity contribution is 5.95. The van der Waals surface area contributed by atoms with Crippen LogP contribution in [0.25, 0.3) is 0 Å². The molecule has 1 heterocycles. The van der Waals surface area contributed by atoms with E-state index in [2.05, 4.69) is 5.10 Å². The van der Waals surface area contributed by atoms with Crippen LogP contribution in [-0.2, 0) is 0 Å². The van der Waals surface area contributed by atoms with E-state index in [0.717, 1.165) is 12.8 Å². The highest BCUT2D eigenvalue weighted by Gasteiger charge is 2.27. The van der Waals surface area contributed by atoms with Crippen molar-refractivity contribution in [2.45, 2.75) is 18.9 Å². The van der Waals surface area contributed by atoms with Gasteiger partial charge < -0.3 is 5.73 Å². The number of nitrogens with zero attached hydrogens (tertiary/aromatic N) is 2. The molecular weight excluding hydrogens is 154 g/mol. The SMILES string of the molecule is NCC(=O)c1ccnn1C1CC1. The third kappa shape index (κ3) is 1.14. The lowest BCUT2D eigenvalue weighted by molar-refractivity contribution is 0.0991. The topological polar surface area (TPSA) is 60.9 Å². The smallest absolute Gasteiger partial charge is 0.194 e. The molecule has 0 amide bonds. The highest BCUT2D eigenvalue weighted by Crippen LogP contribution is 2.34. The van der Waals surface area contributed by atoms with Crippen LogP contribution in [0, 0.1) is 0 Å². The molecule has 0 bridgehead atoms. The first kappa shape index (κ1) is 7.49. The van der Waals surface area contributed by atoms with Crippen molar-refractivity contribution in [1.82, 2.24) is 9.78 Å². The molecule has 4 heteroatoms. The van der Waals surface area contributed by atoms with Gasteiger partial charge >= 0.3 is 0 Å². The Morgan fingerprint density at radius 2 is 2.50 bits per heavy atom. The molecule has 64 valence electrons. The maximum Gasteiger partial charge on any atom is 0.194 e. The van der Waals surface area contributed by atoms with Crippen molar-refractivity contribution in [3.63, 3.8) is 0 Å². The molecule has 4 nitrogen and oxygen atoms in total. The fraction of sp³-hybridized carbons (Fsp3) is 0.500. The fourth-order valence-electron chi connectivity index (χ4n) is 1.25. The van der Waals surface area contributed by atoms with Gasteiger partial charge in [0, 0.05) is 6.20 Å². The molecule has 1 fully saturated rings. The maximum absolute atomic E-state index is 11.2. The number of rotatable bonds is 3. The molecular formula is C8H11N3O. The lowest BCUT2D eigenvalue weighted by Gasteiger charge is -2.02. The molecule has 12 heavy (non-hydrogen) atoms. The van der Waals surface area contributed by atoms with Gasteiger partial charge in [-0.1, -0.05) is 0 Å². The van der Waals surface area contributed by atoms with Crippen molar-refractivity contribution >= 4 is 5.78 Å². The molecule has 0 atom stereocenters. The van der Waals surface area contributed by atoms with Crippen LogP contribution in [0.5, 0.6) is 0 Å². The van der Waals surface area contributed by atoms with Gasteiger partial charge in [-0.15, -0.1) is 0 Å². The Hall–Kier alpha value is -1.16. The Balaban J connectivity index is 2.29. The van der Waals surface area contributed by atoms with Crippen molar-refractivity contribution in [2.24, 2.45) is 5.73 Å². The Labute approximate surface area is 70.4 Å². The number of ketones is 1. The van der Waals surface area contributed by atoms with Crippen molar-refractivity contribution < 1.29 is 4.79 Å². The standard InChI is InChI=1S/C8H11N3O/c9-5-8(12)7-3-4-10-11(7)6-1-2-6/h3-4,6H,1-2,5,9H2. The Morgan fingerprint density at radius 3 is 3.08 bits per heavy atom. The zero-order chi connectivity index (χ0) is 8.55. The minimum absolute atomic E-state index is 0.0283. The second-order valence-corrected chi connectivity index (χ2v) is 3.02. The monoisotopic (exact) mass is 165 g/mol. The van der Waals surface area contributed by atoms with E-state index in [0.29, 0.717) is 11.7 Å². The minimum Gasteiger partial charge on any atom is -0.324 e. The molecule has 1 aromatic rings. The second kappa shape index (κ2) is 2.71. The van der Waals surface area contributed by atoms with Crippen LogP contribution in [0.1, 0.15) is 29.4 Å². The second-order valence-electron chi connectivity index (χ2n) is 3.02. The summed E-state index contributed by atoms with van der Waals surface area (Å²) in [4.78, 5) is 11.2. The van der Waals surface area contributed by atoms with Crippen LogP contribution in [0.2, 0.25) is 0 Å². The highest BCUT2D eigenvalue weighted by atomic mass is 16.1. The maximum atomic E-state index is 11.2. The Bertz CT molecular complexity index is 301. The first-order valence-corrected chi connectivity index (χ1v) is 4.09. The van der Waals surface area contributed by atoms with E-state index in [-0.39, 0.29) is 12.3 Å². The van der Waals surface area contributed by atoms with Crippen molar-refractivity contribution in [3.05, 3.63) is 18.0 Å². The van der Waals surface area contributed by atoms with Gasteiger partial charge in [0.2, 0.25) is 0 Å². The third-order valence-electron chi connectivity index (χ3n) is 2.03. The predicted molar refractivity (Wildman–Crippen MR) is 43.9 cm³/mol. The first-order valence-electron chi connectivity index (χ1n) is 4.09. The summed E-state index contributed by atoms with van der Waals surface area (Å²) < 4.78 is 1.79. The van der Waals surface area contributed by atoms with Crippen LogP contribution >= 0.6 is 0 Å². The van der Waals surface area contributed by atoms with Gasteiger partial charge in [-0.2, -0.15) is 5.10 Å². The van der Waals surface area contributed by atoms with Gasteiger partial charge in [0.1, 0.15) is 5.69 Å². The van der Waals surface area contributed by atoms with E-state index in [4.69, 9.17) is 5.73 Å². The van der Waals surface area contributed by atoms with E-state index in [1.54, 1.807) is 16.9 Å². The summed E-state index contributed by atoms with van der Waals surface area (Å²) in [5.74, 6) is -0.0283. The Kier molecular flexibility index (Phi) is 1.69. The normalized spacial score (nSPS) is 16.4. The van der Waals surface area contributed by atoms with Gasteiger partial charge in [-0.05, 0) is 18.9 Å². The van der Waals surface area contributed by atoms with Crippen LogP contribution in [0.3, 0.4) is 0 Å². The van der Waals surface area contributed by atoms with Gasteiger partial charge in [0.05, 0.1) is 12.6 Å². The van der Waals surface area contributed by atoms with Crippen molar-refractivity contribution in [1.29, 1.82) is 0 Å². The van der Waals surface area contributed by atoms with Crippen LogP contribution in [0.15, 0.2) is 12.3 Å². The third-order valence-corrected chi connectivity index (χ3v) is 2.03. The molecule has 0 aliphatic heterocycles. The summed E-state index contributed by atoms with van der Waals surface area (Å²) in [6.07, 6.45) is 3.92. The molecule has 0 spiro atoms. The summed E-state index contributed by atoms with van der Waals surface area (Å²) in [7, 11) is 0. The number of hydrogen-bond acceptors (Lipinski definition) is 3. The molecule has 0 aromatic carbocycles. The molecule has 1 aliphatic rings. The summed E-state index contributed by atoms with van der Waals surface area (Å²) in [6.45, 7) is 0.0679. The largest absolute Gasteiger partial charge is 0.324 e. The van der Waals surface area contributed by atoms with E-state index >= 15 is 0 Å². The molecule has 0 unspecified atom stereocenters. The van der Waals surface area contributed by atoms with E-state index in [1.807, 2.05) is 0 Å². The van der Waals surface area contributed by atoms with Gasteiger partial charge in [0.15, 0.2) is 5.78 Å². The summed E-state index contributed by atoms with van der Waals surface area (Å²) in [5, 5.41) is 4.09. The average Bonchev–Trinajstić information content (AvgIpc) is 2.83. The molecule has 1 saturated carbocycles. The van der Waals surface area contributed by atoms with Crippen LogP contribution in [0.4, 0.5) is 0 Å². The number of aromatic nitrogens is 2. The molecule has 2 rings (SSSR count). The number of hydrogen-bond donors (Lipinski definition) is 1. The summed E-state index contributed by atoms with van der Waals surface area (Å²) in [6, 6.07) is 2.18. The quantitative estimate of drug-likeness (QED) is 0.658. The summed E-state index contributed by atoms with van der Waals surface area (Å²) >= 11 is 0. The lowest BCUT2D eigenvalue weighted by Crippen LogP contribution is -2.18. The van der Waals surface area contributed by atoms with Gasteiger partial charge in [-0.25, -0.2) is 0 Å². The van der Waals surface area contributed by atoms with E-state index < -0.39 is 0 Å². The van der Waals surface area contributed by atoms with Crippen LogP contribution in [-0.4, -0.2) is 22.1 Å². The lowest BCUT2D eigenvalue weighted by atomic mass is 10.3. The zero-order valence-corrected chi connectivity index (χ0v) is 6.73. The van der Waals surface area contributed by atoms with Gasteiger partial charge in [0.25, 0.3) is 0 Å². The molecule has 0 radical (unpaired) electrons. The number of nitrogens with two attached hydrogens (primary N) is 1. The first-order chi connectivity index (χ1) is 5.83. The molecule has 1 aromatic heterocycles. The van der Waals surface area contributed by atoms with E-state index in [1.165, 1.54) is 0 Å². The molecule has 1 aliphatic carbocycles. The predicted octanol–water partition coefficient (Wildman–Crippen LogP) is 0.359. The minimum atomic E-state index is -0.0283. The van der Waals surface area contributed by atoms with E-state index in [9.17, 15) is 4.79 Å². The number of carbonyl (C=O) groups excluding carboxylic acids is 1. The van der Waals surface area contributed by atoms with Crippen molar-refractivity contribution in [2.75, 3.05) is 6.54 Å². The summed E-state index contributed by atoms with van der Waals surface area (Å²) in [5.41, 5.74) is 5.91. The zero-order valence-electron chi connectivity index (χ0n) is 6.73. The molecule has 2 N–H and O–H groups in total. The number of carbonyl (C=O) groups is 1. The van der Waals surface area contributed by atoms with Crippen molar-refractivity contribution in [3.8, 4) is 0 Å². The average molecular weight is 165 g/mol. The number of Topliss-reactive ketones (excluding diaryl/α,β-unsaturated/α-hetero) is 1. The fourth-order valence-corrected chi connectivity index (χ4v) is 1.25. The van der Waals surface area contributed by atoms with Crippen LogP contribution < -0.4 is 5.73 Å².